The van der Waals surface area contributed by atoms with Crippen molar-refractivity contribution >= 4 is 11.5 Å². The largest absolute Gasteiger partial charge is 0.457 e. The fourth-order valence-corrected chi connectivity index (χ4v) is 2.25. The van der Waals surface area contributed by atoms with E-state index in [-0.39, 0.29) is 11.5 Å². The van der Waals surface area contributed by atoms with Gasteiger partial charge in [0.05, 0.1) is 4.92 Å². The standard InChI is InChI=1S/C15H11NO4/c17-15-8-2-10-1-5-13(9-14(10)15)20-12-6-3-11(4-7-12)16(18)19/h1,3-7,9H,2,8H2. The third-order valence-corrected chi connectivity index (χ3v) is 3.29. The first kappa shape index (κ1) is 12.3. The zero-order chi connectivity index (χ0) is 14.1. The SMILES string of the molecule is O=C1CCc2ccc(Oc3ccc([N+](=O)[O-])cc3)cc21. The number of nitro benzene ring substituents is 1. The molecule has 0 aliphatic heterocycles. The van der Waals surface area contributed by atoms with Crippen molar-refractivity contribution in [3.05, 3.63) is 63.7 Å². The normalized spacial score (nSPS) is 13.1. The number of ketones is 1. The minimum absolute atomic E-state index is 0.0153. The Morgan fingerprint density at radius 1 is 1.00 bits per heavy atom. The zero-order valence-corrected chi connectivity index (χ0v) is 10.5. The van der Waals surface area contributed by atoms with Crippen LogP contribution in [0.3, 0.4) is 0 Å². The highest BCUT2D eigenvalue weighted by atomic mass is 16.6. The monoisotopic (exact) mass is 269 g/mol. The highest BCUT2D eigenvalue weighted by molar-refractivity contribution is 6.00. The number of rotatable bonds is 3. The van der Waals surface area contributed by atoms with E-state index in [4.69, 9.17) is 4.74 Å². The first-order chi connectivity index (χ1) is 9.63. The lowest BCUT2D eigenvalue weighted by Crippen LogP contribution is -1.93. The lowest BCUT2D eigenvalue weighted by Gasteiger charge is -2.07. The van der Waals surface area contributed by atoms with Gasteiger partial charge in [-0.3, -0.25) is 14.9 Å². The summed E-state index contributed by atoms with van der Waals surface area (Å²) in [5.41, 5.74) is 1.77. The van der Waals surface area contributed by atoms with Crippen molar-refractivity contribution in [2.24, 2.45) is 0 Å². The van der Waals surface area contributed by atoms with Crippen LogP contribution in [0, 0.1) is 10.1 Å². The molecule has 0 N–H and O–H groups in total. The van der Waals surface area contributed by atoms with Crippen LogP contribution in [0.2, 0.25) is 0 Å². The Labute approximate surface area is 115 Å². The van der Waals surface area contributed by atoms with Crippen LogP contribution >= 0.6 is 0 Å². The molecule has 0 radical (unpaired) electrons. The quantitative estimate of drug-likeness (QED) is 0.631. The zero-order valence-electron chi connectivity index (χ0n) is 10.5. The number of nitro groups is 1. The van der Waals surface area contributed by atoms with Crippen LogP contribution in [-0.2, 0) is 6.42 Å². The van der Waals surface area contributed by atoms with E-state index in [1.54, 1.807) is 12.1 Å². The van der Waals surface area contributed by atoms with Gasteiger partial charge in [0, 0.05) is 24.1 Å². The number of Topliss-reactive ketones (excluding diaryl/α,β-unsaturated/α-hetero) is 1. The van der Waals surface area contributed by atoms with Crippen molar-refractivity contribution in [2.75, 3.05) is 0 Å². The van der Waals surface area contributed by atoms with Crippen LogP contribution in [0.25, 0.3) is 0 Å². The number of non-ortho nitro benzene ring substituents is 1. The smallest absolute Gasteiger partial charge is 0.269 e. The molecular formula is C15H11NO4. The second-order valence-corrected chi connectivity index (χ2v) is 4.60. The van der Waals surface area contributed by atoms with Gasteiger partial charge in [0.25, 0.3) is 5.69 Å². The fourth-order valence-electron chi connectivity index (χ4n) is 2.25. The summed E-state index contributed by atoms with van der Waals surface area (Å²) in [6, 6.07) is 11.3. The van der Waals surface area contributed by atoms with Crippen molar-refractivity contribution in [1.29, 1.82) is 0 Å². The number of benzene rings is 2. The number of carbonyl (C=O) groups is 1. The third kappa shape index (κ3) is 2.25. The highest BCUT2D eigenvalue weighted by Gasteiger charge is 2.19. The number of nitrogens with zero attached hydrogens (tertiary/aromatic N) is 1. The van der Waals surface area contributed by atoms with Crippen LogP contribution in [0.5, 0.6) is 11.5 Å². The number of fused-ring (bicyclic) bond motifs is 1. The van der Waals surface area contributed by atoms with Gasteiger partial charge in [-0.15, -0.1) is 0 Å². The second-order valence-electron chi connectivity index (χ2n) is 4.60. The van der Waals surface area contributed by atoms with Crippen molar-refractivity contribution in [3.8, 4) is 11.5 Å². The van der Waals surface area contributed by atoms with E-state index in [2.05, 4.69) is 0 Å². The maximum Gasteiger partial charge on any atom is 0.269 e. The molecule has 2 aromatic rings. The second kappa shape index (κ2) is 4.77. The molecule has 2 aromatic carbocycles. The number of ether oxygens (including phenoxy) is 1. The van der Waals surface area contributed by atoms with Gasteiger partial charge in [-0.1, -0.05) is 6.07 Å². The summed E-state index contributed by atoms with van der Waals surface area (Å²) < 4.78 is 5.61. The molecular weight excluding hydrogens is 258 g/mol. The molecule has 0 bridgehead atoms. The molecule has 5 heteroatoms. The third-order valence-electron chi connectivity index (χ3n) is 3.29. The molecule has 0 saturated heterocycles. The summed E-state index contributed by atoms with van der Waals surface area (Å²) in [6.07, 6.45) is 1.34. The molecule has 0 fully saturated rings. The van der Waals surface area contributed by atoms with Gasteiger partial charge < -0.3 is 4.74 Å². The van der Waals surface area contributed by atoms with Gasteiger partial charge in [0.2, 0.25) is 0 Å². The molecule has 3 rings (SSSR count). The Morgan fingerprint density at radius 2 is 1.70 bits per heavy atom. The predicted octanol–water partition coefficient (Wildman–Crippen LogP) is 3.52. The van der Waals surface area contributed by atoms with Crippen molar-refractivity contribution < 1.29 is 14.5 Å². The van der Waals surface area contributed by atoms with Crippen molar-refractivity contribution in [3.63, 3.8) is 0 Å². The van der Waals surface area contributed by atoms with E-state index in [0.717, 1.165) is 12.0 Å². The molecule has 20 heavy (non-hydrogen) atoms. The van der Waals surface area contributed by atoms with E-state index in [1.165, 1.54) is 24.3 Å². The topological polar surface area (TPSA) is 69.4 Å². The molecule has 100 valence electrons. The van der Waals surface area contributed by atoms with Gasteiger partial charge in [-0.25, -0.2) is 0 Å². The average molecular weight is 269 g/mol. The maximum atomic E-state index is 11.7. The van der Waals surface area contributed by atoms with E-state index in [9.17, 15) is 14.9 Å². The lowest BCUT2D eigenvalue weighted by molar-refractivity contribution is -0.384. The van der Waals surface area contributed by atoms with E-state index in [0.29, 0.717) is 23.5 Å². The molecule has 0 saturated carbocycles. The summed E-state index contributed by atoms with van der Waals surface area (Å²) in [4.78, 5) is 21.8. The van der Waals surface area contributed by atoms with Crippen molar-refractivity contribution in [1.82, 2.24) is 0 Å². The minimum atomic E-state index is -0.460. The maximum absolute atomic E-state index is 11.7. The van der Waals surface area contributed by atoms with Gasteiger partial charge in [-0.2, -0.15) is 0 Å². The predicted molar refractivity (Wildman–Crippen MR) is 72.3 cm³/mol. The lowest BCUT2D eigenvalue weighted by atomic mass is 10.1. The molecule has 0 aromatic heterocycles. The first-order valence-corrected chi connectivity index (χ1v) is 6.22. The molecule has 0 heterocycles. The summed E-state index contributed by atoms with van der Waals surface area (Å²) in [5, 5.41) is 10.6. The van der Waals surface area contributed by atoms with Crippen molar-refractivity contribution in [2.45, 2.75) is 12.8 Å². The Morgan fingerprint density at radius 3 is 2.40 bits per heavy atom. The summed E-state index contributed by atoms with van der Waals surface area (Å²) in [5.74, 6) is 1.20. The molecule has 0 amide bonds. The summed E-state index contributed by atoms with van der Waals surface area (Å²) >= 11 is 0. The average Bonchev–Trinajstić information content (AvgIpc) is 2.81. The summed E-state index contributed by atoms with van der Waals surface area (Å²) in [7, 11) is 0. The fraction of sp³-hybridized carbons (Fsp3) is 0.133. The Bertz CT molecular complexity index is 692. The van der Waals surface area contributed by atoms with Gasteiger partial charge in [0.1, 0.15) is 11.5 Å². The Hall–Kier alpha value is -2.69. The van der Waals surface area contributed by atoms with Crippen LogP contribution in [0.15, 0.2) is 42.5 Å². The van der Waals surface area contributed by atoms with E-state index >= 15 is 0 Å². The molecule has 0 spiro atoms. The number of carbonyl (C=O) groups excluding carboxylic acids is 1. The molecule has 0 unspecified atom stereocenters. The Balaban J connectivity index is 1.83. The van der Waals surface area contributed by atoms with Gasteiger partial charge >= 0.3 is 0 Å². The Kier molecular flexibility index (Phi) is 2.95. The molecule has 1 aliphatic rings. The number of hydrogen-bond acceptors (Lipinski definition) is 4. The van der Waals surface area contributed by atoms with Crippen LogP contribution < -0.4 is 4.74 Å². The van der Waals surface area contributed by atoms with Crippen LogP contribution in [-0.4, -0.2) is 10.7 Å². The molecule has 0 atom stereocenters. The van der Waals surface area contributed by atoms with E-state index in [1.807, 2.05) is 6.07 Å². The number of hydrogen-bond donors (Lipinski definition) is 0. The molecule has 1 aliphatic carbocycles. The van der Waals surface area contributed by atoms with Crippen LogP contribution in [0.1, 0.15) is 22.3 Å². The van der Waals surface area contributed by atoms with E-state index < -0.39 is 4.92 Å². The molecule has 5 nitrogen and oxygen atoms in total. The van der Waals surface area contributed by atoms with Crippen LogP contribution in [0.4, 0.5) is 5.69 Å². The summed E-state index contributed by atoms with van der Waals surface area (Å²) in [6.45, 7) is 0. The minimum Gasteiger partial charge on any atom is -0.457 e. The first-order valence-electron chi connectivity index (χ1n) is 6.22. The van der Waals surface area contributed by atoms with Gasteiger partial charge in [-0.05, 0) is 36.2 Å². The van der Waals surface area contributed by atoms with Gasteiger partial charge in [0.15, 0.2) is 5.78 Å². The number of aryl methyl sites for hydroxylation is 1. The highest BCUT2D eigenvalue weighted by Crippen LogP contribution is 2.29.